The highest BCUT2D eigenvalue weighted by molar-refractivity contribution is 5.94. The minimum atomic E-state index is -0.302. The number of Topliss-reactive ketones (excluding diaryl/α,β-unsaturated/α-hetero) is 1. The molecule has 1 aromatic rings. The van der Waals surface area contributed by atoms with Gasteiger partial charge in [0.25, 0.3) is 0 Å². The molecule has 4 unspecified atom stereocenters. The number of rotatable bonds is 4. The number of methoxy groups -OCH3 is 2. The maximum absolute atomic E-state index is 11.0. The van der Waals surface area contributed by atoms with E-state index in [0.717, 1.165) is 16.9 Å². The Kier molecular flexibility index (Phi) is 7.14. The van der Waals surface area contributed by atoms with Gasteiger partial charge >= 0.3 is 5.97 Å². The largest absolute Gasteiger partial charge is 0.496 e. The zero-order chi connectivity index (χ0) is 19.3. The summed E-state index contributed by atoms with van der Waals surface area (Å²) in [6.07, 6.45) is -0.577. The molecule has 2 fully saturated rings. The van der Waals surface area contributed by atoms with Crippen molar-refractivity contribution in [3.8, 4) is 5.75 Å². The summed E-state index contributed by atoms with van der Waals surface area (Å²) in [5.41, 5.74) is 1.72. The van der Waals surface area contributed by atoms with Gasteiger partial charge in [0.1, 0.15) is 24.1 Å². The molecule has 0 aliphatic carbocycles. The average molecular weight is 366 g/mol. The van der Waals surface area contributed by atoms with Crippen molar-refractivity contribution in [1.29, 1.82) is 0 Å². The van der Waals surface area contributed by atoms with Crippen LogP contribution in [0.3, 0.4) is 0 Å². The van der Waals surface area contributed by atoms with E-state index in [-0.39, 0.29) is 36.2 Å². The predicted molar refractivity (Wildman–Crippen MR) is 93.6 cm³/mol. The fraction of sp³-hybridized carbons (Fsp3) is 0.579. The van der Waals surface area contributed by atoms with Gasteiger partial charge < -0.3 is 23.7 Å². The fourth-order valence-corrected chi connectivity index (χ4v) is 3.04. The Bertz CT molecular complexity index is 643. The molecule has 0 amide bonds. The van der Waals surface area contributed by atoms with Crippen LogP contribution in [0.2, 0.25) is 0 Å². The number of hydrogen-bond donors (Lipinski definition) is 0. The van der Waals surface area contributed by atoms with Crippen LogP contribution >= 0.6 is 0 Å². The number of hydrogen-bond acceptors (Lipinski definition) is 7. The lowest BCUT2D eigenvalue weighted by Gasteiger charge is -2.15. The third kappa shape index (κ3) is 4.81. The Morgan fingerprint density at radius 3 is 2.15 bits per heavy atom. The van der Waals surface area contributed by atoms with Crippen LogP contribution in [0.25, 0.3) is 0 Å². The Morgan fingerprint density at radius 2 is 1.65 bits per heavy atom. The van der Waals surface area contributed by atoms with Crippen LogP contribution in [0, 0.1) is 6.92 Å². The molecule has 0 saturated carbocycles. The van der Waals surface area contributed by atoms with E-state index in [9.17, 15) is 9.59 Å². The van der Waals surface area contributed by atoms with Crippen molar-refractivity contribution in [3.05, 3.63) is 29.3 Å². The minimum Gasteiger partial charge on any atom is -0.496 e. The van der Waals surface area contributed by atoms with Gasteiger partial charge in [-0.15, -0.1) is 0 Å². The first-order valence-corrected chi connectivity index (χ1v) is 8.46. The van der Waals surface area contributed by atoms with E-state index < -0.39 is 0 Å². The maximum Gasteiger partial charge on any atom is 0.303 e. The maximum atomic E-state index is 11.0. The summed E-state index contributed by atoms with van der Waals surface area (Å²) in [6.45, 7) is 5.76. The number of benzene rings is 1. The van der Waals surface area contributed by atoms with Gasteiger partial charge in [-0.25, -0.2) is 0 Å². The first-order valence-electron chi connectivity index (χ1n) is 8.46. The number of aryl methyl sites for hydroxylation is 1. The second kappa shape index (κ2) is 9.12. The van der Waals surface area contributed by atoms with E-state index in [2.05, 4.69) is 0 Å². The second-order valence-corrected chi connectivity index (χ2v) is 6.26. The molecule has 3 rings (SSSR count). The number of carbonyl (C=O) groups excluding carboxylic acids is 2. The van der Waals surface area contributed by atoms with E-state index in [1.807, 2.05) is 19.1 Å². The van der Waals surface area contributed by atoms with Crippen molar-refractivity contribution in [3.63, 3.8) is 0 Å². The van der Waals surface area contributed by atoms with Crippen molar-refractivity contribution in [2.75, 3.05) is 27.4 Å². The normalized spacial score (nSPS) is 26.5. The molecular formula is C19H26O7. The summed E-state index contributed by atoms with van der Waals surface area (Å²) in [4.78, 5) is 21.7. The van der Waals surface area contributed by atoms with Crippen LogP contribution in [0.15, 0.2) is 18.2 Å². The lowest BCUT2D eigenvalue weighted by atomic mass is 10.1. The molecule has 0 aromatic heterocycles. The SMILES string of the molecule is COC1COC2C(OC(C)=O)COC12.COc1ccc(C(C)=O)cc1C. The van der Waals surface area contributed by atoms with Crippen molar-refractivity contribution in [1.82, 2.24) is 0 Å². The third-order valence-electron chi connectivity index (χ3n) is 4.38. The molecule has 26 heavy (non-hydrogen) atoms. The molecule has 2 saturated heterocycles. The van der Waals surface area contributed by atoms with Crippen molar-refractivity contribution in [2.45, 2.75) is 45.2 Å². The predicted octanol–water partition coefficient (Wildman–Crippen LogP) is 1.94. The van der Waals surface area contributed by atoms with Gasteiger partial charge in [0, 0.05) is 19.6 Å². The van der Waals surface area contributed by atoms with Gasteiger partial charge in [0.2, 0.25) is 0 Å². The smallest absolute Gasteiger partial charge is 0.303 e. The number of fused-ring (bicyclic) bond motifs is 1. The number of esters is 1. The monoisotopic (exact) mass is 366 g/mol. The van der Waals surface area contributed by atoms with Crippen LogP contribution in [0.5, 0.6) is 5.75 Å². The first kappa shape index (κ1) is 20.4. The van der Waals surface area contributed by atoms with Gasteiger partial charge in [-0.3, -0.25) is 9.59 Å². The molecule has 0 spiro atoms. The van der Waals surface area contributed by atoms with Gasteiger partial charge in [-0.1, -0.05) is 0 Å². The summed E-state index contributed by atoms with van der Waals surface area (Å²) in [5.74, 6) is 0.601. The molecule has 2 aliphatic rings. The van der Waals surface area contributed by atoms with Gasteiger partial charge in [0.05, 0.1) is 20.3 Å². The minimum absolute atomic E-state index is 0.0411. The molecule has 0 N–H and O–H groups in total. The summed E-state index contributed by atoms with van der Waals surface area (Å²) < 4.78 is 26.3. The molecule has 144 valence electrons. The van der Waals surface area contributed by atoms with Gasteiger partial charge in [0.15, 0.2) is 11.9 Å². The first-order chi connectivity index (χ1) is 12.4. The zero-order valence-corrected chi connectivity index (χ0v) is 15.8. The number of ketones is 1. The van der Waals surface area contributed by atoms with Crippen LogP contribution in [-0.4, -0.2) is 63.6 Å². The molecule has 7 heteroatoms. The van der Waals surface area contributed by atoms with Gasteiger partial charge in [-0.05, 0) is 37.6 Å². The lowest BCUT2D eigenvalue weighted by Crippen LogP contribution is -2.34. The highest BCUT2D eigenvalue weighted by Gasteiger charge is 2.49. The molecule has 1 aromatic carbocycles. The topological polar surface area (TPSA) is 80.3 Å². The van der Waals surface area contributed by atoms with Crippen molar-refractivity contribution in [2.24, 2.45) is 0 Å². The molecule has 4 atom stereocenters. The molecule has 0 radical (unpaired) electrons. The van der Waals surface area contributed by atoms with Crippen LogP contribution in [0.1, 0.15) is 29.8 Å². The number of ether oxygens (including phenoxy) is 5. The van der Waals surface area contributed by atoms with Gasteiger partial charge in [-0.2, -0.15) is 0 Å². The fourth-order valence-electron chi connectivity index (χ4n) is 3.04. The Labute approximate surface area is 153 Å². The van der Waals surface area contributed by atoms with Crippen LogP contribution in [0.4, 0.5) is 0 Å². The van der Waals surface area contributed by atoms with E-state index in [1.54, 1.807) is 27.2 Å². The quantitative estimate of drug-likeness (QED) is 0.595. The highest BCUT2D eigenvalue weighted by atomic mass is 16.6. The van der Waals surface area contributed by atoms with Crippen molar-refractivity contribution < 1.29 is 33.3 Å². The van der Waals surface area contributed by atoms with E-state index >= 15 is 0 Å². The Hall–Kier alpha value is -1.96. The van der Waals surface area contributed by atoms with E-state index in [1.165, 1.54) is 6.92 Å². The van der Waals surface area contributed by atoms with E-state index in [0.29, 0.717) is 13.2 Å². The standard InChI is InChI=1S/C10H12O2.C9H14O5/c1-7-6-9(8(2)11)4-5-10(7)12-3;1-5(10)14-7-4-13-8-6(11-2)3-12-9(7)8/h4-6H,1-3H3;6-9H,3-4H2,1-2H3. The lowest BCUT2D eigenvalue weighted by molar-refractivity contribution is -0.151. The Balaban J connectivity index is 0.000000190. The molecule has 0 bridgehead atoms. The second-order valence-electron chi connectivity index (χ2n) is 6.26. The zero-order valence-electron chi connectivity index (χ0n) is 15.8. The molecular weight excluding hydrogens is 340 g/mol. The van der Waals surface area contributed by atoms with Crippen LogP contribution in [-0.2, 0) is 23.7 Å². The summed E-state index contributed by atoms with van der Waals surface area (Å²) in [6, 6.07) is 5.42. The Morgan fingerprint density at radius 1 is 1.04 bits per heavy atom. The summed E-state index contributed by atoms with van der Waals surface area (Å²) in [7, 11) is 3.24. The summed E-state index contributed by atoms with van der Waals surface area (Å²) in [5, 5.41) is 0. The van der Waals surface area contributed by atoms with Crippen molar-refractivity contribution >= 4 is 11.8 Å². The summed E-state index contributed by atoms with van der Waals surface area (Å²) >= 11 is 0. The number of carbonyl (C=O) groups is 2. The van der Waals surface area contributed by atoms with E-state index in [4.69, 9.17) is 23.7 Å². The highest BCUT2D eigenvalue weighted by Crippen LogP contribution is 2.30. The van der Waals surface area contributed by atoms with Crippen LogP contribution < -0.4 is 4.74 Å². The average Bonchev–Trinajstić information content (AvgIpc) is 3.17. The molecule has 2 heterocycles. The molecule has 2 aliphatic heterocycles. The molecule has 7 nitrogen and oxygen atoms in total. The third-order valence-corrected chi connectivity index (χ3v) is 4.38.